The molecular weight excluding hydrogens is 331 g/mol. The van der Waals surface area contributed by atoms with Crippen LogP contribution in [0.3, 0.4) is 0 Å². The van der Waals surface area contributed by atoms with Gasteiger partial charge in [0.25, 0.3) is 0 Å². The Kier molecular flexibility index (Phi) is 4.63. The van der Waals surface area contributed by atoms with Crippen LogP contribution in [-0.2, 0) is 4.74 Å². The fourth-order valence-corrected chi connectivity index (χ4v) is 3.24. The third-order valence-corrected chi connectivity index (χ3v) is 4.50. The van der Waals surface area contributed by atoms with E-state index in [0.29, 0.717) is 13.2 Å². The first-order valence-corrected chi connectivity index (χ1v) is 8.79. The Balaban J connectivity index is 1.55. The first-order chi connectivity index (χ1) is 12.7. The van der Waals surface area contributed by atoms with Crippen molar-refractivity contribution in [2.45, 2.75) is 13.2 Å². The normalized spacial score (nSPS) is 16.8. The van der Waals surface area contributed by atoms with Gasteiger partial charge in [-0.1, -0.05) is 0 Å². The Morgan fingerprint density at radius 3 is 2.50 bits per heavy atom. The van der Waals surface area contributed by atoms with Gasteiger partial charge in [-0.2, -0.15) is 0 Å². The van der Waals surface area contributed by atoms with Gasteiger partial charge >= 0.3 is 0 Å². The molecule has 0 N–H and O–H groups in total. The van der Waals surface area contributed by atoms with Gasteiger partial charge in [-0.05, 0) is 61.5 Å². The van der Waals surface area contributed by atoms with E-state index in [1.165, 1.54) is 12.1 Å². The molecule has 0 aliphatic carbocycles. The van der Waals surface area contributed by atoms with E-state index in [1.54, 1.807) is 12.1 Å². The third kappa shape index (κ3) is 3.30. The van der Waals surface area contributed by atoms with Crippen LogP contribution in [0, 0.1) is 5.82 Å². The van der Waals surface area contributed by atoms with Gasteiger partial charge in [0.2, 0.25) is 0 Å². The smallest absolute Gasteiger partial charge is 0.158 e. The lowest BCUT2D eigenvalue weighted by Crippen LogP contribution is -2.22. The Morgan fingerprint density at radius 2 is 1.77 bits per heavy atom. The highest BCUT2D eigenvalue weighted by Gasteiger charge is 2.27. The highest BCUT2D eigenvalue weighted by Crippen LogP contribution is 2.32. The minimum atomic E-state index is -0.230. The number of rotatable bonds is 5. The van der Waals surface area contributed by atoms with Crippen molar-refractivity contribution in [2.24, 2.45) is 0 Å². The Labute approximate surface area is 152 Å². The summed E-state index contributed by atoms with van der Waals surface area (Å²) in [6.07, 6.45) is 3.93. The molecular formula is C21H21FN2O2. The maximum Gasteiger partial charge on any atom is 0.158 e. The summed E-state index contributed by atoms with van der Waals surface area (Å²) in [5.41, 5.74) is 3.09. The Bertz CT molecular complexity index is 858. The van der Waals surface area contributed by atoms with Gasteiger partial charge in [-0.3, -0.25) is 0 Å². The zero-order valence-corrected chi connectivity index (χ0v) is 14.6. The van der Waals surface area contributed by atoms with Crippen molar-refractivity contribution in [2.75, 3.05) is 24.7 Å². The van der Waals surface area contributed by atoms with Crippen LogP contribution >= 0.6 is 0 Å². The van der Waals surface area contributed by atoms with Gasteiger partial charge in [0.15, 0.2) is 6.23 Å². The standard InChI is InChI=1S/C21H21FN2O2/c1-2-25-20-9-7-18(8-10-20)23-12-11-16(15-23)21-24(13-14-26-21)19-5-3-17(22)4-6-19/h3-12,15,21H,2,13-14H2,1H3/t21-/m1/s1. The van der Waals surface area contributed by atoms with Crippen LogP contribution < -0.4 is 9.64 Å². The predicted octanol–water partition coefficient (Wildman–Crippen LogP) is 4.55. The lowest BCUT2D eigenvalue weighted by atomic mass is 10.2. The lowest BCUT2D eigenvalue weighted by molar-refractivity contribution is 0.114. The van der Waals surface area contributed by atoms with E-state index < -0.39 is 0 Å². The molecule has 0 spiro atoms. The van der Waals surface area contributed by atoms with Crippen molar-refractivity contribution < 1.29 is 13.9 Å². The molecule has 2 heterocycles. The SMILES string of the molecule is CCOc1ccc(-n2ccc([C@H]3OCCN3c3ccc(F)cc3)c2)cc1. The number of hydrogen-bond acceptors (Lipinski definition) is 3. The van der Waals surface area contributed by atoms with E-state index in [0.717, 1.165) is 29.2 Å². The van der Waals surface area contributed by atoms with Gasteiger partial charge in [0.05, 0.1) is 13.2 Å². The van der Waals surface area contributed by atoms with Crippen LogP contribution in [0.4, 0.5) is 10.1 Å². The molecule has 1 aliphatic rings. The molecule has 0 bridgehead atoms. The summed E-state index contributed by atoms with van der Waals surface area (Å²) in [5.74, 6) is 0.636. The molecule has 1 aliphatic heterocycles. The Hall–Kier alpha value is -2.79. The summed E-state index contributed by atoms with van der Waals surface area (Å²) in [4.78, 5) is 2.15. The Morgan fingerprint density at radius 1 is 1.04 bits per heavy atom. The summed E-state index contributed by atoms with van der Waals surface area (Å²) in [7, 11) is 0. The zero-order chi connectivity index (χ0) is 17.9. The molecule has 4 nitrogen and oxygen atoms in total. The van der Waals surface area contributed by atoms with E-state index in [9.17, 15) is 4.39 Å². The van der Waals surface area contributed by atoms with Crippen molar-refractivity contribution in [3.05, 3.63) is 78.4 Å². The number of nitrogens with zero attached hydrogens (tertiary/aromatic N) is 2. The molecule has 1 atom stereocenters. The van der Waals surface area contributed by atoms with Crippen molar-refractivity contribution in [3.63, 3.8) is 0 Å². The average Bonchev–Trinajstić information content (AvgIpc) is 3.32. The molecule has 4 rings (SSSR count). The van der Waals surface area contributed by atoms with Crippen molar-refractivity contribution in [1.82, 2.24) is 4.57 Å². The van der Waals surface area contributed by atoms with Crippen LogP contribution in [0.1, 0.15) is 18.7 Å². The molecule has 1 fully saturated rings. The second kappa shape index (κ2) is 7.22. The van der Waals surface area contributed by atoms with Crippen LogP contribution in [0.15, 0.2) is 67.0 Å². The zero-order valence-electron chi connectivity index (χ0n) is 14.6. The number of hydrogen-bond donors (Lipinski definition) is 0. The number of benzene rings is 2. The van der Waals surface area contributed by atoms with Gasteiger partial charge in [-0.25, -0.2) is 4.39 Å². The highest BCUT2D eigenvalue weighted by molar-refractivity contribution is 5.49. The maximum absolute atomic E-state index is 13.2. The maximum atomic E-state index is 13.2. The quantitative estimate of drug-likeness (QED) is 0.674. The number of halogens is 1. The molecule has 134 valence electrons. The van der Waals surface area contributed by atoms with E-state index in [4.69, 9.17) is 9.47 Å². The highest BCUT2D eigenvalue weighted by atomic mass is 19.1. The van der Waals surface area contributed by atoms with E-state index in [-0.39, 0.29) is 12.0 Å². The van der Waals surface area contributed by atoms with Crippen LogP contribution in [-0.4, -0.2) is 24.3 Å². The van der Waals surface area contributed by atoms with Gasteiger partial charge in [0, 0.05) is 35.9 Å². The molecule has 1 saturated heterocycles. The topological polar surface area (TPSA) is 26.6 Å². The number of anilines is 1. The summed E-state index contributed by atoms with van der Waals surface area (Å²) >= 11 is 0. The second-order valence-corrected chi connectivity index (χ2v) is 6.17. The average molecular weight is 352 g/mol. The molecule has 0 saturated carbocycles. The fourth-order valence-electron chi connectivity index (χ4n) is 3.24. The summed E-state index contributed by atoms with van der Waals surface area (Å²) in [6.45, 7) is 4.06. The van der Waals surface area contributed by atoms with Gasteiger partial charge in [-0.15, -0.1) is 0 Å². The predicted molar refractivity (Wildman–Crippen MR) is 99.4 cm³/mol. The van der Waals surface area contributed by atoms with E-state index in [2.05, 4.69) is 21.7 Å². The molecule has 26 heavy (non-hydrogen) atoms. The van der Waals surface area contributed by atoms with Crippen molar-refractivity contribution in [3.8, 4) is 11.4 Å². The van der Waals surface area contributed by atoms with Crippen LogP contribution in [0.5, 0.6) is 5.75 Å². The third-order valence-electron chi connectivity index (χ3n) is 4.50. The fraction of sp³-hybridized carbons (Fsp3) is 0.238. The first kappa shape index (κ1) is 16.7. The second-order valence-electron chi connectivity index (χ2n) is 6.17. The molecule has 0 radical (unpaired) electrons. The largest absolute Gasteiger partial charge is 0.494 e. The van der Waals surface area contributed by atoms with Crippen LogP contribution in [0.2, 0.25) is 0 Å². The molecule has 1 aromatic heterocycles. The van der Waals surface area contributed by atoms with Gasteiger partial charge in [0.1, 0.15) is 11.6 Å². The van der Waals surface area contributed by atoms with Gasteiger partial charge < -0.3 is 18.9 Å². The summed E-state index contributed by atoms with van der Waals surface area (Å²) in [5, 5.41) is 0. The summed E-state index contributed by atoms with van der Waals surface area (Å²) in [6, 6.07) is 16.6. The number of aromatic nitrogens is 1. The minimum Gasteiger partial charge on any atom is -0.494 e. The van der Waals surface area contributed by atoms with E-state index >= 15 is 0 Å². The molecule has 5 heteroatoms. The van der Waals surface area contributed by atoms with Crippen molar-refractivity contribution in [1.29, 1.82) is 0 Å². The molecule has 0 amide bonds. The van der Waals surface area contributed by atoms with E-state index in [1.807, 2.05) is 37.4 Å². The monoisotopic (exact) mass is 352 g/mol. The number of ether oxygens (including phenoxy) is 2. The van der Waals surface area contributed by atoms with Crippen LogP contribution in [0.25, 0.3) is 5.69 Å². The minimum absolute atomic E-state index is 0.163. The molecule has 3 aromatic rings. The van der Waals surface area contributed by atoms with Crippen molar-refractivity contribution >= 4 is 5.69 Å². The summed E-state index contributed by atoms with van der Waals surface area (Å²) < 4.78 is 26.7. The first-order valence-electron chi connectivity index (χ1n) is 8.79. The molecule has 0 unspecified atom stereocenters. The lowest BCUT2D eigenvalue weighted by Gasteiger charge is -2.24. The molecule has 2 aromatic carbocycles.